The summed E-state index contributed by atoms with van der Waals surface area (Å²) in [6, 6.07) is 11.0. The molecular weight excluding hydrogens is 452 g/mol. The minimum Gasteiger partial charge on any atom is -0.478 e. The van der Waals surface area contributed by atoms with E-state index in [1.54, 1.807) is 30.3 Å². The molecule has 0 saturated carbocycles. The number of carbonyl (C=O) groups excluding carboxylic acids is 2. The smallest absolute Gasteiger partial charge is 0.355 e. The standard InChI is InChI=1S/C23H17F2N3O6/c1-33-22(31)17-15(11-6-4-3-5-7-11)12(10-26)20(27)28(19(17)23(32)34-2)18-14(25)9-8-13(24)16(18)21(29)30/h3-9,15H,27H2,1-2H3,(H,29,30). The van der Waals surface area contributed by atoms with Crippen LogP contribution in [-0.4, -0.2) is 37.2 Å². The van der Waals surface area contributed by atoms with E-state index in [1.165, 1.54) is 0 Å². The fraction of sp³-hybridized carbons (Fsp3) is 0.130. The van der Waals surface area contributed by atoms with Crippen molar-refractivity contribution in [2.24, 2.45) is 5.73 Å². The van der Waals surface area contributed by atoms with Gasteiger partial charge in [-0.3, -0.25) is 4.90 Å². The molecule has 2 aromatic rings. The lowest BCUT2D eigenvalue weighted by molar-refractivity contribution is -0.139. The van der Waals surface area contributed by atoms with Gasteiger partial charge in [0.1, 0.15) is 34.4 Å². The van der Waals surface area contributed by atoms with E-state index in [1.807, 2.05) is 6.07 Å². The molecule has 3 N–H and O–H groups in total. The molecule has 3 rings (SSSR count). The number of carbonyl (C=O) groups is 3. The second-order valence-corrected chi connectivity index (χ2v) is 6.89. The number of ether oxygens (including phenoxy) is 2. The molecule has 1 heterocycles. The predicted octanol–water partition coefficient (Wildman–Crippen LogP) is 2.56. The molecule has 9 nitrogen and oxygen atoms in total. The molecular formula is C23H17F2N3O6. The number of halogens is 2. The van der Waals surface area contributed by atoms with Gasteiger partial charge in [0, 0.05) is 0 Å². The molecule has 1 atom stereocenters. The Bertz CT molecular complexity index is 1300. The fourth-order valence-electron chi connectivity index (χ4n) is 3.71. The van der Waals surface area contributed by atoms with Crippen molar-refractivity contribution in [1.29, 1.82) is 5.26 Å². The molecule has 174 valence electrons. The van der Waals surface area contributed by atoms with E-state index in [-0.39, 0.29) is 5.57 Å². The normalized spacial score (nSPS) is 15.6. The molecule has 0 aromatic heterocycles. The minimum atomic E-state index is -1.88. The molecule has 1 unspecified atom stereocenters. The summed E-state index contributed by atoms with van der Waals surface area (Å²) in [6.07, 6.45) is 0. The lowest BCUT2D eigenvalue weighted by Crippen LogP contribution is -2.42. The highest BCUT2D eigenvalue weighted by atomic mass is 19.1. The van der Waals surface area contributed by atoms with Gasteiger partial charge in [0.25, 0.3) is 0 Å². The van der Waals surface area contributed by atoms with Gasteiger partial charge >= 0.3 is 17.9 Å². The maximum absolute atomic E-state index is 15.0. The molecule has 0 fully saturated rings. The Hall–Kier alpha value is -4.72. The zero-order chi connectivity index (χ0) is 25.2. The molecule has 11 heteroatoms. The predicted molar refractivity (Wildman–Crippen MR) is 113 cm³/mol. The van der Waals surface area contributed by atoms with Crippen molar-refractivity contribution in [3.63, 3.8) is 0 Å². The number of nitriles is 1. The number of aromatic carboxylic acids is 1. The third-order valence-electron chi connectivity index (χ3n) is 5.13. The maximum atomic E-state index is 15.0. The zero-order valence-corrected chi connectivity index (χ0v) is 17.8. The van der Waals surface area contributed by atoms with Gasteiger partial charge in [-0.15, -0.1) is 0 Å². The van der Waals surface area contributed by atoms with Crippen LogP contribution in [0.5, 0.6) is 0 Å². The minimum absolute atomic E-state index is 0.334. The van der Waals surface area contributed by atoms with Crippen LogP contribution < -0.4 is 10.6 Å². The molecule has 1 aliphatic heterocycles. The molecule has 0 bridgehead atoms. The Balaban J connectivity index is 2.54. The Morgan fingerprint density at radius 3 is 2.15 bits per heavy atom. The number of methoxy groups -OCH3 is 2. The van der Waals surface area contributed by atoms with Crippen LogP contribution in [0.15, 0.2) is 65.1 Å². The average molecular weight is 469 g/mol. The molecule has 2 aromatic carbocycles. The number of carboxylic acids is 1. The van der Waals surface area contributed by atoms with E-state index in [9.17, 15) is 29.1 Å². The van der Waals surface area contributed by atoms with E-state index in [4.69, 9.17) is 15.2 Å². The van der Waals surface area contributed by atoms with Gasteiger partial charge in [-0.05, 0) is 17.7 Å². The Morgan fingerprint density at radius 2 is 1.62 bits per heavy atom. The highest BCUT2D eigenvalue weighted by molar-refractivity contribution is 6.08. The second-order valence-electron chi connectivity index (χ2n) is 6.89. The van der Waals surface area contributed by atoms with Crippen LogP contribution in [0, 0.1) is 23.0 Å². The molecule has 34 heavy (non-hydrogen) atoms. The molecule has 0 saturated heterocycles. The van der Waals surface area contributed by atoms with Crippen LogP contribution in [0.4, 0.5) is 14.5 Å². The summed E-state index contributed by atoms with van der Waals surface area (Å²) in [7, 11) is 1.97. The van der Waals surface area contributed by atoms with Crippen molar-refractivity contribution < 1.29 is 37.7 Å². The number of anilines is 1. The van der Waals surface area contributed by atoms with E-state index in [0.717, 1.165) is 14.2 Å². The summed E-state index contributed by atoms with van der Waals surface area (Å²) in [5, 5.41) is 19.5. The Labute approximate surface area is 191 Å². The first-order valence-corrected chi connectivity index (χ1v) is 9.56. The van der Waals surface area contributed by atoms with Crippen LogP contribution in [0.25, 0.3) is 0 Å². The van der Waals surface area contributed by atoms with Crippen LogP contribution >= 0.6 is 0 Å². The first-order chi connectivity index (χ1) is 16.2. The van der Waals surface area contributed by atoms with Crippen LogP contribution in [0.2, 0.25) is 0 Å². The molecule has 0 spiro atoms. The summed E-state index contributed by atoms with van der Waals surface area (Å²) in [5.74, 6) is -8.71. The first-order valence-electron chi connectivity index (χ1n) is 9.56. The van der Waals surface area contributed by atoms with Gasteiger partial charge in [0.05, 0.1) is 37.4 Å². The SMILES string of the molecule is COC(=O)C1=C(C(=O)OC)N(c2c(F)ccc(F)c2C(=O)O)C(N)=C(C#N)C1c1ccccc1. The van der Waals surface area contributed by atoms with Crippen molar-refractivity contribution >= 4 is 23.6 Å². The third-order valence-corrected chi connectivity index (χ3v) is 5.13. The largest absolute Gasteiger partial charge is 0.478 e. The van der Waals surface area contributed by atoms with Crippen LogP contribution in [0.3, 0.4) is 0 Å². The number of rotatable bonds is 5. The Morgan fingerprint density at radius 1 is 1.03 bits per heavy atom. The van der Waals surface area contributed by atoms with Gasteiger partial charge < -0.3 is 20.3 Å². The summed E-state index contributed by atoms with van der Waals surface area (Å²) < 4.78 is 39.1. The number of carboxylic acid groups (broad SMARTS) is 1. The van der Waals surface area contributed by atoms with Crippen molar-refractivity contribution in [1.82, 2.24) is 0 Å². The first kappa shape index (κ1) is 23.9. The number of hydrogen-bond donors (Lipinski definition) is 2. The average Bonchev–Trinajstić information content (AvgIpc) is 2.83. The number of nitrogens with zero attached hydrogens (tertiary/aromatic N) is 2. The fourth-order valence-corrected chi connectivity index (χ4v) is 3.71. The van der Waals surface area contributed by atoms with Gasteiger partial charge in [-0.2, -0.15) is 5.26 Å². The highest BCUT2D eigenvalue weighted by Crippen LogP contribution is 2.44. The van der Waals surface area contributed by atoms with Crippen molar-refractivity contribution in [3.8, 4) is 6.07 Å². The van der Waals surface area contributed by atoms with E-state index in [0.29, 0.717) is 22.6 Å². The molecule has 1 aliphatic rings. The number of benzene rings is 2. The van der Waals surface area contributed by atoms with Crippen molar-refractivity contribution in [2.75, 3.05) is 19.1 Å². The van der Waals surface area contributed by atoms with Gasteiger partial charge in [-0.25, -0.2) is 23.2 Å². The van der Waals surface area contributed by atoms with Crippen molar-refractivity contribution in [3.05, 3.63) is 87.9 Å². The molecule has 0 amide bonds. The van der Waals surface area contributed by atoms with Gasteiger partial charge in [0.15, 0.2) is 0 Å². The second kappa shape index (κ2) is 9.41. The zero-order valence-electron chi connectivity index (χ0n) is 17.8. The summed E-state index contributed by atoms with van der Waals surface area (Å²) in [6.45, 7) is 0. The Kier molecular flexibility index (Phi) is 6.63. The molecule has 0 radical (unpaired) electrons. The number of nitrogens with two attached hydrogens (primary N) is 1. The lowest BCUT2D eigenvalue weighted by Gasteiger charge is -2.36. The van der Waals surface area contributed by atoms with Gasteiger partial charge in [-0.1, -0.05) is 30.3 Å². The number of hydrogen-bond acceptors (Lipinski definition) is 8. The molecule has 0 aliphatic carbocycles. The summed E-state index contributed by atoms with van der Waals surface area (Å²) in [5.41, 5.74) is 2.81. The number of allylic oxidation sites excluding steroid dienone is 1. The quantitative estimate of drug-likeness (QED) is 0.632. The maximum Gasteiger partial charge on any atom is 0.355 e. The van der Waals surface area contributed by atoms with Crippen LogP contribution in [-0.2, 0) is 19.1 Å². The lowest BCUT2D eigenvalue weighted by atomic mass is 9.80. The van der Waals surface area contributed by atoms with Gasteiger partial charge in [0.2, 0.25) is 0 Å². The van der Waals surface area contributed by atoms with Crippen LogP contribution in [0.1, 0.15) is 21.8 Å². The third kappa shape index (κ3) is 3.81. The van der Waals surface area contributed by atoms with E-state index >= 15 is 4.39 Å². The highest BCUT2D eigenvalue weighted by Gasteiger charge is 2.45. The van der Waals surface area contributed by atoms with E-state index in [2.05, 4.69) is 0 Å². The number of esters is 2. The summed E-state index contributed by atoms with van der Waals surface area (Å²) >= 11 is 0. The topological polar surface area (TPSA) is 143 Å². The van der Waals surface area contributed by atoms with Crippen molar-refractivity contribution in [2.45, 2.75) is 5.92 Å². The summed E-state index contributed by atoms with van der Waals surface area (Å²) in [4.78, 5) is 38.2. The monoisotopic (exact) mass is 469 g/mol. The van der Waals surface area contributed by atoms with E-state index < -0.39 is 63.8 Å².